The van der Waals surface area contributed by atoms with Gasteiger partial charge in [0.1, 0.15) is 17.3 Å². The second-order valence-corrected chi connectivity index (χ2v) is 7.77. The fraction of sp³-hybridized carbons (Fsp3) is 0. The summed E-state index contributed by atoms with van der Waals surface area (Å²) in [6.45, 7) is 0. The maximum atomic E-state index is 13.4. The highest BCUT2D eigenvalue weighted by Gasteiger charge is 2.32. The first-order valence-corrected chi connectivity index (χ1v) is 10.8. The molecule has 1 aliphatic rings. The molecule has 5 heteroatoms. The van der Waals surface area contributed by atoms with E-state index in [1.54, 1.807) is 66.7 Å². The van der Waals surface area contributed by atoms with E-state index in [0.29, 0.717) is 28.2 Å². The molecule has 4 aromatic rings. The zero-order valence-electron chi connectivity index (χ0n) is 18.1. The summed E-state index contributed by atoms with van der Waals surface area (Å²) >= 11 is 0. The molecule has 0 aliphatic carbocycles. The number of hydrogen-bond donors (Lipinski definition) is 1. The van der Waals surface area contributed by atoms with Crippen LogP contribution in [-0.2, 0) is 4.79 Å². The van der Waals surface area contributed by atoms with E-state index in [2.05, 4.69) is 4.99 Å². The van der Waals surface area contributed by atoms with Crippen molar-refractivity contribution in [2.45, 2.75) is 0 Å². The lowest BCUT2D eigenvalue weighted by Crippen LogP contribution is -2.32. The minimum atomic E-state index is -0.316. The number of amidine groups is 1. The van der Waals surface area contributed by atoms with E-state index in [9.17, 15) is 14.7 Å². The summed E-state index contributed by atoms with van der Waals surface area (Å²) in [5, 5.41) is 10.1. The number of phenolic OH excluding ortho intramolecular Hbond substituents is 1. The van der Waals surface area contributed by atoms with Crippen molar-refractivity contribution in [3.8, 4) is 5.75 Å². The van der Waals surface area contributed by atoms with Gasteiger partial charge >= 0.3 is 0 Å². The Kier molecular flexibility index (Phi) is 5.58. The Bertz CT molecular complexity index is 1420. The lowest BCUT2D eigenvalue weighted by molar-refractivity contribution is -0.113. The molecule has 0 atom stereocenters. The average molecular weight is 444 g/mol. The van der Waals surface area contributed by atoms with Crippen LogP contribution in [0.2, 0.25) is 0 Å². The van der Waals surface area contributed by atoms with E-state index >= 15 is 0 Å². The molecule has 164 valence electrons. The Morgan fingerprint density at radius 1 is 0.735 bits per heavy atom. The first kappa shape index (κ1) is 21.1. The highest BCUT2D eigenvalue weighted by molar-refractivity contribution is 6.33. The number of hydrogen-bond acceptors (Lipinski definition) is 4. The molecule has 1 N–H and O–H groups in total. The van der Waals surface area contributed by atoms with Gasteiger partial charge in [0.05, 0.1) is 5.69 Å². The molecule has 1 aliphatic heterocycles. The number of amides is 1. The van der Waals surface area contributed by atoms with Crippen LogP contribution in [0.25, 0.3) is 6.08 Å². The van der Waals surface area contributed by atoms with Crippen LogP contribution in [0.15, 0.2) is 120 Å². The molecule has 0 spiro atoms. The lowest BCUT2D eigenvalue weighted by atomic mass is 10.0. The topological polar surface area (TPSA) is 70.0 Å². The van der Waals surface area contributed by atoms with Gasteiger partial charge in [-0.05, 0) is 36.4 Å². The lowest BCUT2D eigenvalue weighted by Gasteiger charge is -2.19. The molecule has 0 saturated heterocycles. The second-order valence-electron chi connectivity index (χ2n) is 7.77. The molecule has 5 rings (SSSR count). The summed E-state index contributed by atoms with van der Waals surface area (Å²) in [5.41, 5.74) is 3.23. The zero-order valence-corrected chi connectivity index (χ0v) is 18.1. The van der Waals surface area contributed by atoms with Crippen LogP contribution >= 0.6 is 0 Å². The third-order valence-corrected chi connectivity index (χ3v) is 5.54. The van der Waals surface area contributed by atoms with Gasteiger partial charge in [0.25, 0.3) is 5.91 Å². The highest BCUT2D eigenvalue weighted by Crippen LogP contribution is 2.30. The Morgan fingerprint density at radius 2 is 1.32 bits per heavy atom. The molecule has 4 aromatic carbocycles. The fourth-order valence-corrected chi connectivity index (χ4v) is 3.81. The summed E-state index contributed by atoms with van der Waals surface area (Å²) in [6, 6.07) is 32.2. The maximum absolute atomic E-state index is 13.4. The molecule has 1 amide bonds. The second kappa shape index (κ2) is 9.00. The first-order chi connectivity index (χ1) is 16.6. The molecule has 1 heterocycles. The molecule has 34 heavy (non-hydrogen) atoms. The van der Waals surface area contributed by atoms with Gasteiger partial charge in [0.2, 0.25) is 0 Å². The quantitative estimate of drug-likeness (QED) is 0.328. The normalized spacial score (nSPS) is 14.4. The molecule has 0 aromatic heterocycles. The van der Waals surface area contributed by atoms with E-state index in [4.69, 9.17) is 0 Å². The number of aliphatic imine (C=N–C) groups is 1. The van der Waals surface area contributed by atoms with Gasteiger partial charge in [-0.25, -0.2) is 4.99 Å². The molecule has 0 radical (unpaired) electrons. The monoisotopic (exact) mass is 444 g/mol. The highest BCUT2D eigenvalue weighted by atomic mass is 16.3. The molecule has 0 bridgehead atoms. The van der Waals surface area contributed by atoms with Gasteiger partial charge in [0, 0.05) is 22.3 Å². The van der Waals surface area contributed by atoms with Crippen LogP contribution in [0.4, 0.5) is 5.69 Å². The third kappa shape index (κ3) is 4.02. The minimum Gasteiger partial charge on any atom is -0.507 e. The first-order valence-electron chi connectivity index (χ1n) is 10.8. The van der Waals surface area contributed by atoms with Crippen LogP contribution in [0.5, 0.6) is 5.75 Å². The number of rotatable bonds is 5. The number of benzene rings is 4. The van der Waals surface area contributed by atoms with Gasteiger partial charge in [-0.3, -0.25) is 14.5 Å². The maximum Gasteiger partial charge on any atom is 0.282 e. The van der Waals surface area contributed by atoms with E-state index in [1.807, 2.05) is 48.5 Å². The van der Waals surface area contributed by atoms with Crippen molar-refractivity contribution < 1.29 is 14.7 Å². The molecule has 0 saturated carbocycles. The van der Waals surface area contributed by atoms with Crippen molar-refractivity contribution in [3.63, 3.8) is 0 Å². The molecule has 0 fully saturated rings. The van der Waals surface area contributed by atoms with Gasteiger partial charge in [-0.2, -0.15) is 0 Å². The van der Waals surface area contributed by atoms with Crippen molar-refractivity contribution in [1.82, 2.24) is 0 Å². The number of phenols is 1. The van der Waals surface area contributed by atoms with Crippen molar-refractivity contribution in [3.05, 3.63) is 137 Å². The Hall–Kier alpha value is -4.77. The smallest absolute Gasteiger partial charge is 0.282 e. The predicted molar refractivity (Wildman–Crippen MR) is 133 cm³/mol. The number of anilines is 1. The van der Waals surface area contributed by atoms with Crippen LogP contribution in [0.3, 0.4) is 0 Å². The number of para-hydroxylation sites is 1. The van der Waals surface area contributed by atoms with E-state index in [1.165, 1.54) is 4.90 Å². The minimum absolute atomic E-state index is 0.0708. The van der Waals surface area contributed by atoms with Gasteiger partial charge in [0.15, 0.2) is 5.78 Å². The van der Waals surface area contributed by atoms with Crippen LogP contribution in [0, 0.1) is 0 Å². The summed E-state index contributed by atoms with van der Waals surface area (Å²) in [5.74, 6) is 0.150. The molecular formula is C29H20N2O3. The SMILES string of the molecule is O=C(c1ccccc1)c1ccc(N2C(=O)/C(=C/c3ccccc3O)N=C2c2ccccc2)cc1. The summed E-state index contributed by atoms with van der Waals surface area (Å²) in [7, 11) is 0. The zero-order chi connectivity index (χ0) is 23.5. The Balaban J connectivity index is 1.53. The standard InChI is InChI=1S/C29H20N2O3/c32-26-14-8-7-13-23(26)19-25-29(34)31(28(30-25)22-11-5-2-6-12-22)24-17-15-21(16-18-24)27(33)20-9-3-1-4-10-20/h1-19,32H/b25-19-. The largest absolute Gasteiger partial charge is 0.507 e. The van der Waals surface area contributed by atoms with Crippen molar-refractivity contribution >= 4 is 29.3 Å². The molecular weight excluding hydrogens is 424 g/mol. The number of aromatic hydroxyl groups is 1. The number of nitrogens with zero attached hydrogens (tertiary/aromatic N) is 2. The van der Waals surface area contributed by atoms with Crippen LogP contribution in [0.1, 0.15) is 27.0 Å². The van der Waals surface area contributed by atoms with E-state index in [-0.39, 0.29) is 23.1 Å². The average Bonchev–Trinajstić information content (AvgIpc) is 3.22. The predicted octanol–water partition coefficient (Wildman–Crippen LogP) is 5.46. The van der Waals surface area contributed by atoms with E-state index < -0.39 is 0 Å². The van der Waals surface area contributed by atoms with Gasteiger partial charge < -0.3 is 5.11 Å². The van der Waals surface area contributed by atoms with Crippen LogP contribution < -0.4 is 4.90 Å². The van der Waals surface area contributed by atoms with E-state index in [0.717, 1.165) is 5.56 Å². The Labute approximate surface area is 197 Å². The van der Waals surface area contributed by atoms with Crippen molar-refractivity contribution in [2.75, 3.05) is 4.90 Å². The molecule has 0 unspecified atom stereocenters. The number of carbonyl (C=O) groups excluding carboxylic acids is 2. The summed E-state index contributed by atoms with van der Waals surface area (Å²) < 4.78 is 0. The molecule has 5 nitrogen and oxygen atoms in total. The van der Waals surface area contributed by atoms with Gasteiger partial charge in [-0.1, -0.05) is 78.9 Å². The number of carbonyl (C=O) groups is 2. The van der Waals surface area contributed by atoms with Gasteiger partial charge in [-0.15, -0.1) is 0 Å². The van der Waals surface area contributed by atoms with Crippen molar-refractivity contribution in [1.29, 1.82) is 0 Å². The summed E-state index contributed by atoms with van der Waals surface area (Å²) in [6.07, 6.45) is 1.58. The number of ketones is 1. The van der Waals surface area contributed by atoms with Crippen molar-refractivity contribution in [2.24, 2.45) is 4.99 Å². The van der Waals surface area contributed by atoms with Crippen LogP contribution in [-0.4, -0.2) is 22.6 Å². The summed E-state index contributed by atoms with van der Waals surface area (Å²) in [4.78, 5) is 32.4. The third-order valence-electron chi connectivity index (χ3n) is 5.54. The fourth-order valence-electron chi connectivity index (χ4n) is 3.81. The Morgan fingerprint density at radius 3 is 2.00 bits per heavy atom.